The van der Waals surface area contributed by atoms with E-state index >= 15 is 0 Å². The number of hydrogen-bond donors (Lipinski definition) is 1. The van der Waals surface area contributed by atoms with Crippen molar-refractivity contribution >= 4 is 11.8 Å². The molecule has 0 spiro atoms. The van der Waals surface area contributed by atoms with Gasteiger partial charge >= 0.3 is 5.97 Å². The lowest BCUT2D eigenvalue weighted by Crippen LogP contribution is -2.26. The second-order valence-electron chi connectivity index (χ2n) is 5.52. The molecule has 0 aromatic carbocycles. The van der Waals surface area contributed by atoms with Gasteiger partial charge in [-0.2, -0.15) is 0 Å². The van der Waals surface area contributed by atoms with Crippen molar-refractivity contribution in [3.8, 4) is 0 Å². The van der Waals surface area contributed by atoms with Crippen LogP contribution in [0.2, 0.25) is 0 Å². The number of esters is 1. The summed E-state index contributed by atoms with van der Waals surface area (Å²) < 4.78 is 10.3. The van der Waals surface area contributed by atoms with Gasteiger partial charge in [0.1, 0.15) is 11.5 Å². The van der Waals surface area contributed by atoms with Gasteiger partial charge in [0.15, 0.2) is 5.78 Å². The molecule has 6 nitrogen and oxygen atoms in total. The molecule has 1 N–H and O–H groups in total. The van der Waals surface area contributed by atoms with Crippen molar-refractivity contribution in [2.45, 2.75) is 27.3 Å². The number of ether oxygens (including phenoxy) is 1. The summed E-state index contributed by atoms with van der Waals surface area (Å²) in [6.07, 6.45) is 1.61. The highest BCUT2D eigenvalue weighted by atomic mass is 16.5. The van der Waals surface area contributed by atoms with Gasteiger partial charge in [-0.3, -0.25) is 9.69 Å². The monoisotopic (exact) mass is 318 g/mol. The fourth-order valence-electron chi connectivity index (χ4n) is 2.62. The third kappa shape index (κ3) is 3.90. The van der Waals surface area contributed by atoms with Crippen LogP contribution in [-0.4, -0.2) is 41.8 Å². The van der Waals surface area contributed by atoms with Crippen molar-refractivity contribution in [2.24, 2.45) is 0 Å². The standard InChI is InChI=1S/C17H22N2O4/c1-5-22-17(21)16-11(2)15(12(3)18-16)14(20)10-19(4)9-13-7-6-8-23-13/h6-8,18H,5,9-10H2,1-4H3. The summed E-state index contributed by atoms with van der Waals surface area (Å²) in [5.41, 5.74) is 2.22. The van der Waals surface area contributed by atoms with Crippen LogP contribution >= 0.6 is 0 Å². The number of carbonyl (C=O) groups is 2. The molecule has 0 fully saturated rings. The van der Waals surface area contributed by atoms with Gasteiger partial charge in [0, 0.05) is 11.3 Å². The lowest BCUT2D eigenvalue weighted by molar-refractivity contribution is 0.0519. The Kier molecular flexibility index (Phi) is 5.39. The van der Waals surface area contributed by atoms with E-state index in [1.54, 1.807) is 27.0 Å². The quantitative estimate of drug-likeness (QED) is 0.627. The number of aromatic nitrogens is 1. The maximum Gasteiger partial charge on any atom is 0.355 e. The van der Waals surface area contributed by atoms with Gasteiger partial charge in [-0.25, -0.2) is 4.79 Å². The predicted octanol–water partition coefficient (Wildman–Crippen LogP) is 2.72. The van der Waals surface area contributed by atoms with Crippen molar-refractivity contribution in [1.29, 1.82) is 0 Å². The molecule has 6 heteroatoms. The van der Waals surface area contributed by atoms with Crippen LogP contribution in [0.4, 0.5) is 0 Å². The molecule has 2 aromatic rings. The van der Waals surface area contributed by atoms with Gasteiger partial charge in [0.2, 0.25) is 0 Å². The van der Waals surface area contributed by atoms with Crippen LogP contribution < -0.4 is 0 Å². The zero-order chi connectivity index (χ0) is 17.0. The first-order chi connectivity index (χ1) is 10.9. The number of Topliss-reactive ketones (excluding diaryl/α,β-unsaturated/α-hetero) is 1. The van der Waals surface area contributed by atoms with Crippen molar-refractivity contribution in [1.82, 2.24) is 9.88 Å². The highest BCUT2D eigenvalue weighted by Gasteiger charge is 2.23. The highest BCUT2D eigenvalue weighted by molar-refractivity contribution is 6.03. The van der Waals surface area contributed by atoms with Gasteiger partial charge in [-0.1, -0.05) is 0 Å². The Hall–Kier alpha value is -2.34. The van der Waals surface area contributed by atoms with Gasteiger partial charge in [0.25, 0.3) is 0 Å². The molecule has 0 unspecified atom stereocenters. The first-order valence-electron chi connectivity index (χ1n) is 7.54. The SMILES string of the molecule is CCOC(=O)c1[nH]c(C)c(C(=O)CN(C)Cc2ccco2)c1C. The van der Waals surface area contributed by atoms with E-state index in [1.807, 2.05) is 24.1 Å². The Morgan fingerprint density at radius 3 is 2.70 bits per heavy atom. The molecule has 0 radical (unpaired) electrons. The number of likely N-dealkylation sites (N-methyl/N-ethyl adjacent to an activating group) is 1. The summed E-state index contributed by atoms with van der Waals surface area (Å²) in [5.74, 6) is 0.326. The summed E-state index contributed by atoms with van der Waals surface area (Å²) in [5, 5.41) is 0. The third-order valence-corrected chi connectivity index (χ3v) is 3.62. The van der Waals surface area contributed by atoms with Crippen molar-refractivity contribution in [2.75, 3.05) is 20.2 Å². The smallest absolute Gasteiger partial charge is 0.355 e. The average Bonchev–Trinajstić information content (AvgIpc) is 3.07. The molecule has 0 atom stereocenters. The van der Waals surface area contributed by atoms with E-state index in [9.17, 15) is 9.59 Å². The molecule has 23 heavy (non-hydrogen) atoms. The maximum absolute atomic E-state index is 12.6. The van der Waals surface area contributed by atoms with Gasteiger partial charge < -0.3 is 14.1 Å². The van der Waals surface area contributed by atoms with Crippen molar-refractivity contribution in [3.63, 3.8) is 0 Å². The Balaban J connectivity index is 2.11. The minimum atomic E-state index is -0.434. The molecule has 0 saturated carbocycles. The fraction of sp³-hybridized carbons (Fsp3) is 0.412. The van der Waals surface area contributed by atoms with Gasteiger partial charge in [-0.05, 0) is 45.5 Å². The van der Waals surface area contributed by atoms with Crippen LogP contribution in [0.1, 0.15) is 44.8 Å². The van der Waals surface area contributed by atoms with Crippen molar-refractivity contribution in [3.05, 3.63) is 46.7 Å². The van der Waals surface area contributed by atoms with E-state index < -0.39 is 5.97 Å². The summed E-state index contributed by atoms with van der Waals surface area (Å²) in [6, 6.07) is 3.68. The number of furan rings is 1. The number of aromatic amines is 1. The lowest BCUT2D eigenvalue weighted by atomic mass is 10.1. The summed E-state index contributed by atoms with van der Waals surface area (Å²) in [4.78, 5) is 29.3. The van der Waals surface area contributed by atoms with E-state index in [2.05, 4.69) is 4.98 Å². The molecule has 124 valence electrons. The molecule has 0 aliphatic carbocycles. The molecule has 0 aliphatic rings. The van der Waals surface area contributed by atoms with E-state index in [0.29, 0.717) is 35.7 Å². The predicted molar refractivity (Wildman–Crippen MR) is 85.6 cm³/mol. The third-order valence-electron chi connectivity index (χ3n) is 3.62. The molecule has 0 aliphatic heterocycles. The van der Waals surface area contributed by atoms with E-state index in [-0.39, 0.29) is 12.3 Å². The number of carbonyl (C=O) groups excluding carboxylic acids is 2. The summed E-state index contributed by atoms with van der Waals surface area (Å²) >= 11 is 0. The van der Waals surface area contributed by atoms with Crippen LogP contribution in [0.3, 0.4) is 0 Å². The summed E-state index contributed by atoms with van der Waals surface area (Å²) in [6.45, 7) is 6.38. The minimum Gasteiger partial charge on any atom is -0.468 e. The molecule has 2 aromatic heterocycles. The van der Waals surface area contributed by atoms with Gasteiger partial charge in [0.05, 0.1) is 26.0 Å². The molecular formula is C17H22N2O4. The van der Waals surface area contributed by atoms with E-state index in [0.717, 1.165) is 5.76 Å². The second-order valence-corrected chi connectivity index (χ2v) is 5.52. The number of rotatable bonds is 7. The lowest BCUT2D eigenvalue weighted by Gasteiger charge is -2.14. The zero-order valence-electron chi connectivity index (χ0n) is 13.9. The molecular weight excluding hydrogens is 296 g/mol. The Labute approximate surface area is 135 Å². The van der Waals surface area contributed by atoms with Crippen LogP contribution in [0.15, 0.2) is 22.8 Å². The van der Waals surface area contributed by atoms with Crippen LogP contribution in [-0.2, 0) is 11.3 Å². The van der Waals surface area contributed by atoms with Crippen LogP contribution in [0.5, 0.6) is 0 Å². The number of nitrogens with zero attached hydrogens (tertiary/aromatic N) is 1. The fourth-order valence-corrected chi connectivity index (χ4v) is 2.62. The number of nitrogens with one attached hydrogen (secondary N) is 1. The number of H-pyrrole nitrogens is 1. The average molecular weight is 318 g/mol. The number of ketones is 1. The molecule has 0 bridgehead atoms. The number of hydrogen-bond acceptors (Lipinski definition) is 5. The first kappa shape index (κ1) is 17.0. The highest BCUT2D eigenvalue weighted by Crippen LogP contribution is 2.20. The maximum atomic E-state index is 12.6. The normalized spacial score (nSPS) is 11.0. The first-order valence-corrected chi connectivity index (χ1v) is 7.54. The second kappa shape index (κ2) is 7.28. The van der Waals surface area contributed by atoms with Crippen molar-refractivity contribution < 1.29 is 18.7 Å². The Morgan fingerprint density at radius 1 is 1.35 bits per heavy atom. The van der Waals surface area contributed by atoms with Crippen LogP contribution in [0, 0.1) is 13.8 Å². The Bertz CT molecular complexity index is 686. The van der Waals surface area contributed by atoms with E-state index in [1.165, 1.54) is 0 Å². The van der Waals surface area contributed by atoms with Gasteiger partial charge in [-0.15, -0.1) is 0 Å². The minimum absolute atomic E-state index is 0.0409. The summed E-state index contributed by atoms with van der Waals surface area (Å²) in [7, 11) is 1.85. The molecule has 2 rings (SSSR count). The zero-order valence-corrected chi connectivity index (χ0v) is 13.9. The van der Waals surface area contributed by atoms with E-state index in [4.69, 9.17) is 9.15 Å². The largest absolute Gasteiger partial charge is 0.468 e. The Morgan fingerprint density at radius 2 is 2.09 bits per heavy atom. The molecule has 2 heterocycles. The molecule has 0 saturated heterocycles. The molecule has 0 amide bonds. The van der Waals surface area contributed by atoms with Crippen LogP contribution in [0.25, 0.3) is 0 Å². The number of aryl methyl sites for hydroxylation is 1. The topological polar surface area (TPSA) is 75.5 Å².